The Bertz CT molecular complexity index is 69.5. The molecule has 0 fully saturated rings. The molecule has 2 heteroatoms. The van der Waals surface area contributed by atoms with E-state index in [2.05, 4.69) is 33.1 Å². The Labute approximate surface area is 57.8 Å². The predicted molar refractivity (Wildman–Crippen MR) is 40.9 cm³/mol. The average Bonchev–Trinajstić information content (AvgIpc) is 1.65. The van der Waals surface area contributed by atoms with E-state index in [1.54, 1.807) is 0 Å². The van der Waals surface area contributed by atoms with Crippen molar-refractivity contribution in [2.75, 3.05) is 0 Å². The lowest BCUT2D eigenvalue weighted by molar-refractivity contribution is 0.264. The summed E-state index contributed by atoms with van der Waals surface area (Å²) in [4.78, 5) is 0. The summed E-state index contributed by atoms with van der Waals surface area (Å²) >= 11 is 0. The van der Waals surface area contributed by atoms with Crippen molar-refractivity contribution in [2.24, 2.45) is 11.3 Å². The first-order chi connectivity index (χ1) is 4.02. The summed E-state index contributed by atoms with van der Waals surface area (Å²) in [5, 5.41) is 0. The first-order valence-electron chi connectivity index (χ1n) is 3.48. The maximum atomic E-state index is 5.32. The zero-order valence-corrected chi connectivity index (χ0v) is 6.86. The molecule has 0 aromatic heterocycles. The van der Waals surface area contributed by atoms with Crippen molar-refractivity contribution in [1.29, 1.82) is 0 Å². The van der Waals surface area contributed by atoms with Crippen molar-refractivity contribution in [3.05, 3.63) is 0 Å². The predicted octanol–water partition coefficient (Wildman–Crippen LogP) is 1.27. The lowest BCUT2D eigenvalue weighted by Gasteiger charge is -2.28. The molecule has 0 bridgehead atoms. The molecule has 0 radical (unpaired) electrons. The fourth-order valence-electron chi connectivity index (χ4n) is 0.980. The molecular weight excluding hydrogens is 112 g/mol. The number of hydrogen-bond acceptors (Lipinski definition) is 2. The second kappa shape index (κ2) is 3.18. The Kier molecular flexibility index (Phi) is 3.15. The molecule has 0 heterocycles. The van der Waals surface area contributed by atoms with Crippen LogP contribution in [-0.2, 0) is 0 Å². The van der Waals surface area contributed by atoms with Crippen LogP contribution in [0.2, 0.25) is 0 Å². The highest BCUT2D eigenvalue weighted by Crippen LogP contribution is 2.20. The molecule has 9 heavy (non-hydrogen) atoms. The van der Waals surface area contributed by atoms with E-state index in [1.165, 1.54) is 0 Å². The van der Waals surface area contributed by atoms with Gasteiger partial charge >= 0.3 is 0 Å². The summed E-state index contributed by atoms with van der Waals surface area (Å²) in [7, 11) is 0. The summed E-state index contributed by atoms with van der Waals surface area (Å²) in [6.45, 7) is 8.68. The zero-order chi connectivity index (χ0) is 7.49. The fourth-order valence-corrected chi connectivity index (χ4v) is 0.980. The van der Waals surface area contributed by atoms with Gasteiger partial charge in [0.1, 0.15) is 0 Å². The van der Waals surface area contributed by atoms with Crippen molar-refractivity contribution < 1.29 is 0 Å². The van der Waals surface area contributed by atoms with Gasteiger partial charge in [-0.15, -0.1) is 0 Å². The standard InChI is InChI=1S/C7H18N2/c1-5-6(9-8)7(2,3)4/h6,9H,5,8H2,1-4H3/t6-/m0/s1. The van der Waals surface area contributed by atoms with Crippen LogP contribution in [0, 0.1) is 5.41 Å². The molecule has 0 rings (SSSR count). The minimum atomic E-state index is 0.281. The number of nitrogens with one attached hydrogen (secondary N) is 1. The first kappa shape index (κ1) is 8.92. The molecule has 3 N–H and O–H groups in total. The van der Waals surface area contributed by atoms with E-state index >= 15 is 0 Å². The minimum Gasteiger partial charge on any atom is -0.271 e. The van der Waals surface area contributed by atoms with Gasteiger partial charge in [-0.25, -0.2) is 0 Å². The Hall–Kier alpha value is -0.0800. The van der Waals surface area contributed by atoms with Crippen molar-refractivity contribution in [2.45, 2.75) is 40.2 Å². The molecule has 0 aliphatic heterocycles. The highest BCUT2D eigenvalue weighted by molar-refractivity contribution is 4.76. The van der Waals surface area contributed by atoms with Gasteiger partial charge in [-0.05, 0) is 11.8 Å². The topological polar surface area (TPSA) is 38.0 Å². The van der Waals surface area contributed by atoms with E-state index in [0.29, 0.717) is 6.04 Å². The summed E-state index contributed by atoms with van der Waals surface area (Å²) in [6, 6.07) is 0.428. The molecule has 0 aliphatic carbocycles. The van der Waals surface area contributed by atoms with Crippen LogP contribution in [0.5, 0.6) is 0 Å². The lowest BCUT2D eigenvalue weighted by atomic mass is 9.86. The van der Waals surface area contributed by atoms with Crippen LogP contribution in [-0.4, -0.2) is 6.04 Å². The molecule has 0 spiro atoms. The monoisotopic (exact) mass is 130 g/mol. The Morgan fingerprint density at radius 2 is 1.89 bits per heavy atom. The Morgan fingerprint density at radius 3 is 1.89 bits per heavy atom. The van der Waals surface area contributed by atoms with E-state index in [0.717, 1.165) is 6.42 Å². The molecule has 0 saturated carbocycles. The van der Waals surface area contributed by atoms with Crippen molar-refractivity contribution in [3.8, 4) is 0 Å². The van der Waals surface area contributed by atoms with Crippen LogP contribution in [0.4, 0.5) is 0 Å². The Morgan fingerprint density at radius 1 is 1.44 bits per heavy atom. The maximum absolute atomic E-state index is 5.32. The number of nitrogens with two attached hydrogens (primary N) is 1. The fraction of sp³-hybridized carbons (Fsp3) is 1.00. The minimum absolute atomic E-state index is 0.281. The molecule has 56 valence electrons. The van der Waals surface area contributed by atoms with E-state index in [4.69, 9.17) is 5.84 Å². The van der Waals surface area contributed by atoms with Gasteiger partial charge in [-0.3, -0.25) is 11.3 Å². The third-order valence-electron chi connectivity index (χ3n) is 1.65. The number of hydrogen-bond donors (Lipinski definition) is 2. The van der Waals surface area contributed by atoms with E-state index < -0.39 is 0 Å². The van der Waals surface area contributed by atoms with Crippen LogP contribution in [0.3, 0.4) is 0 Å². The number of rotatable bonds is 2. The second-order valence-electron chi connectivity index (χ2n) is 3.49. The zero-order valence-electron chi connectivity index (χ0n) is 6.86. The van der Waals surface area contributed by atoms with E-state index in [-0.39, 0.29) is 5.41 Å². The summed E-state index contributed by atoms with van der Waals surface area (Å²) in [5.41, 5.74) is 3.07. The average molecular weight is 130 g/mol. The molecule has 0 aromatic rings. The molecule has 2 nitrogen and oxygen atoms in total. The van der Waals surface area contributed by atoms with Gasteiger partial charge in [0.2, 0.25) is 0 Å². The second-order valence-corrected chi connectivity index (χ2v) is 3.49. The third-order valence-corrected chi connectivity index (χ3v) is 1.65. The van der Waals surface area contributed by atoms with Gasteiger partial charge in [-0.2, -0.15) is 0 Å². The van der Waals surface area contributed by atoms with Crippen LogP contribution < -0.4 is 11.3 Å². The van der Waals surface area contributed by atoms with E-state index in [1.807, 2.05) is 0 Å². The SMILES string of the molecule is CC[C@H](NN)C(C)(C)C. The quantitative estimate of drug-likeness (QED) is 0.436. The highest BCUT2D eigenvalue weighted by Gasteiger charge is 2.20. The maximum Gasteiger partial charge on any atom is 0.0256 e. The largest absolute Gasteiger partial charge is 0.271 e. The van der Waals surface area contributed by atoms with Crippen molar-refractivity contribution in [3.63, 3.8) is 0 Å². The lowest BCUT2D eigenvalue weighted by Crippen LogP contribution is -2.43. The van der Waals surface area contributed by atoms with Gasteiger partial charge in [0.05, 0.1) is 0 Å². The van der Waals surface area contributed by atoms with Gasteiger partial charge in [-0.1, -0.05) is 27.7 Å². The van der Waals surface area contributed by atoms with Gasteiger partial charge in [0.25, 0.3) is 0 Å². The highest BCUT2D eigenvalue weighted by atomic mass is 15.2. The van der Waals surface area contributed by atoms with Crippen LogP contribution in [0.1, 0.15) is 34.1 Å². The Balaban J connectivity index is 3.79. The molecule has 0 unspecified atom stereocenters. The smallest absolute Gasteiger partial charge is 0.0256 e. The van der Waals surface area contributed by atoms with Crippen LogP contribution in [0.15, 0.2) is 0 Å². The summed E-state index contributed by atoms with van der Waals surface area (Å²) < 4.78 is 0. The molecule has 1 atom stereocenters. The van der Waals surface area contributed by atoms with Crippen molar-refractivity contribution >= 4 is 0 Å². The van der Waals surface area contributed by atoms with Crippen LogP contribution >= 0.6 is 0 Å². The summed E-state index contributed by atoms with van der Waals surface area (Å²) in [5.74, 6) is 5.32. The molecule has 0 saturated heterocycles. The first-order valence-corrected chi connectivity index (χ1v) is 3.48. The van der Waals surface area contributed by atoms with Crippen molar-refractivity contribution in [1.82, 2.24) is 5.43 Å². The van der Waals surface area contributed by atoms with Crippen LogP contribution in [0.25, 0.3) is 0 Å². The molecule has 0 amide bonds. The molecular formula is C7H18N2. The van der Waals surface area contributed by atoms with E-state index in [9.17, 15) is 0 Å². The summed E-state index contributed by atoms with van der Waals surface area (Å²) in [6.07, 6.45) is 1.08. The van der Waals surface area contributed by atoms with Gasteiger partial charge in [0, 0.05) is 6.04 Å². The van der Waals surface area contributed by atoms with Gasteiger partial charge in [0.15, 0.2) is 0 Å². The number of hydrazine groups is 1. The normalized spacial score (nSPS) is 15.7. The van der Waals surface area contributed by atoms with Gasteiger partial charge < -0.3 is 0 Å². The molecule has 0 aromatic carbocycles. The molecule has 0 aliphatic rings. The third kappa shape index (κ3) is 2.82.